The van der Waals surface area contributed by atoms with Crippen molar-refractivity contribution in [1.29, 1.82) is 0 Å². The summed E-state index contributed by atoms with van der Waals surface area (Å²) in [5.74, 6) is 1.78. The molecule has 5 heteroatoms. The summed E-state index contributed by atoms with van der Waals surface area (Å²) < 4.78 is 0. The Labute approximate surface area is 125 Å². The smallest absolute Gasteiger partial charge is 0.244 e. The van der Waals surface area contributed by atoms with Crippen LogP contribution >= 0.6 is 0 Å². The van der Waals surface area contributed by atoms with Crippen molar-refractivity contribution in [1.82, 2.24) is 15.2 Å². The van der Waals surface area contributed by atoms with Crippen molar-refractivity contribution in [2.75, 3.05) is 18.0 Å². The van der Waals surface area contributed by atoms with Gasteiger partial charge in [-0.05, 0) is 31.2 Å². The van der Waals surface area contributed by atoms with E-state index < -0.39 is 0 Å². The van der Waals surface area contributed by atoms with E-state index in [9.17, 15) is 0 Å². The number of nitrogens with zero attached hydrogens (tertiary/aromatic N) is 3. The van der Waals surface area contributed by atoms with Gasteiger partial charge < -0.3 is 10.6 Å². The van der Waals surface area contributed by atoms with Crippen LogP contribution in [0.2, 0.25) is 0 Å². The van der Waals surface area contributed by atoms with Crippen LogP contribution in [0.1, 0.15) is 30.7 Å². The quantitative estimate of drug-likeness (QED) is 0.880. The molecule has 3 N–H and O–H groups in total. The molecule has 0 spiro atoms. The Morgan fingerprint density at radius 3 is 2.90 bits per heavy atom. The van der Waals surface area contributed by atoms with E-state index in [4.69, 9.17) is 5.73 Å². The predicted molar refractivity (Wildman–Crippen MR) is 84.3 cm³/mol. The number of piperidine rings is 1. The maximum absolute atomic E-state index is 6.01. The van der Waals surface area contributed by atoms with E-state index in [1.807, 2.05) is 0 Å². The first-order chi connectivity index (χ1) is 10.3. The molecule has 0 aliphatic carbocycles. The van der Waals surface area contributed by atoms with Crippen molar-refractivity contribution in [3.8, 4) is 0 Å². The van der Waals surface area contributed by atoms with Crippen LogP contribution in [0.15, 0.2) is 30.3 Å². The largest absolute Gasteiger partial charge is 0.338 e. The molecule has 1 unspecified atom stereocenters. The number of aromatic nitrogens is 3. The molecule has 0 saturated carbocycles. The van der Waals surface area contributed by atoms with E-state index in [2.05, 4.69) is 50.4 Å². The molecule has 0 radical (unpaired) electrons. The van der Waals surface area contributed by atoms with Crippen LogP contribution in [0.4, 0.5) is 5.95 Å². The number of nitrogens with two attached hydrogens (primary N) is 1. The van der Waals surface area contributed by atoms with Crippen molar-refractivity contribution in [2.45, 2.75) is 38.1 Å². The van der Waals surface area contributed by atoms with Crippen molar-refractivity contribution in [3.05, 3.63) is 41.7 Å². The van der Waals surface area contributed by atoms with Gasteiger partial charge in [0, 0.05) is 25.6 Å². The third-order valence-electron chi connectivity index (χ3n) is 3.98. The lowest BCUT2D eigenvalue weighted by Gasteiger charge is -2.29. The highest BCUT2D eigenvalue weighted by atomic mass is 15.4. The number of hydrogen-bond acceptors (Lipinski definition) is 4. The van der Waals surface area contributed by atoms with Crippen LogP contribution < -0.4 is 10.6 Å². The topological polar surface area (TPSA) is 70.8 Å². The summed E-state index contributed by atoms with van der Waals surface area (Å²) in [7, 11) is 0. The van der Waals surface area contributed by atoms with Gasteiger partial charge in [0.05, 0.1) is 0 Å². The average molecular weight is 285 g/mol. The summed E-state index contributed by atoms with van der Waals surface area (Å²) in [6.45, 7) is 1.87. The molecule has 112 valence electrons. The number of H-pyrrole nitrogens is 1. The summed E-state index contributed by atoms with van der Waals surface area (Å²) >= 11 is 0. The molecule has 2 heterocycles. The molecular formula is C16H23N5. The van der Waals surface area contributed by atoms with E-state index in [0.717, 1.165) is 57.0 Å². The Balaban J connectivity index is 1.51. The van der Waals surface area contributed by atoms with Crippen LogP contribution in [0.5, 0.6) is 0 Å². The molecule has 21 heavy (non-hydrogen) atoms. The summed E-state index contributed by atoms with van der Waals surface area (Å²) in [5, 5.41) is 7.39. The number of benzene rings is 1. The number of rotatable bonds is 5. The van der Waals surface area contributed by atoms with Crippen molar-refractivity contribution in [3.63, 3.8) is 0 Å². The second-order valence-corrected chi connectivity index (χ2v) is 5.77. The molecule has 1 aliphatic heterocycles. The van der Waals surface area contributed by atoms with Crippen LogP contribution in [0.25, 0.3) is 0 Å². The number of hydrogen-bond donors (Lipinski definition) is 2. The normalized spacial score (nSPS) is 18.9. The number of nitrogens with one attached hydrogen (secondary N) is 1. The Kier molecular flexibility index (Phi) is 4.50. The molecule has 1 aliphatic rings. The molecule has 1 fully saturated rings. The lowest BCUT2D eigenvalue weighted by atomic mass is 10.1. The standard InChI is InChI=1S/C16H23N5/c17-14-9-5-11-21(12-14)16-18-15(19-20-16)10-4-8-13-6-2-1-3-7-13/h1-3,6-7,14H,4-5,8-12,17H2,(H,18,19,20). The fourth-order valence-electron chi connectivity index (χ4n) is 2.83. The number of anilines is 1. The zero-order valence-corrected chi connectivity index (χ0v) is 12.3. The van der Waals surface area contributed by atoms with Crippen molar-refractivity contribution >= 4 is 5.95 Å². The highest BCUT2D eigenvalue weighted by molar-refractivity contribution is 5.30. The van der Waals surface area contributed by atoms with Crippen molar-refractivity contribution in [2.24, 2.45) is 5.73 Å². The molecule has 2 aromatic rings. The second-order valence-electron chi connectivity index (χ2n) is 5.77. The van der Waals surface area contributed by atoms with Gasteiger partial charge in [-0.1, -0.05) is 30.3 Å². The molecule has 1 atom stereocenters. The lowest BCUT2D eigenvalue weighted by Crippen LogP contribution is -2.43. The van der Waals surface area contributed by atoms with Gasteiger partial charge in [0.1, 0.15) is 5.82 Å². The van der Waals surface area contributed by atoms with Gasteiger partial charge in [-0.3, -0.25) is 5.10 Å². The predicted octanol–water partition coefficient (Wildman–Crippen LogP) is 1.91. The molecule has 0 amide bonds. The van der Waals surface area contributed by atoms with E-state index in [1.165, 1.54) is 5.56 Å². The molecule has 1 aromatic heterocycles. The highest BCUT2D eigenvalue weighted by Crippen LogP contribution is 2.15. The third-order valence-corrected chi connectivity index (χ3v) is 3.98. The minimum Gasteiger partial charge on any atom is -0.338 e. The Hall–Kier alpha value is -1.88. The molecule has 5 nitrogen and oxygen atoms in total. The Morgan fingerprint density at radius 2 is 2.10 bits per heavy atom. The maximum atomic E-state index is 6.01. The molecular weight excluding hydrogens is 262 g/mol. The zero-order chi connectivity index (χ0) is 14.5. The van der Waals surface area contributed by atoms with Gasteiger partial charge in [0.2, 0.25) is 5.95 Å². The van der Waals surface area contributed by atoms with Crippen LogP contribution in [0, 0.1) is 0 Å². The first-order valence-electron chi connectivity index (χ1n) is 7.77. The maximum Gasteiger partial charge on any atom is 0.244 e. The Morgan fingerprint density at radius 1 is 1.24 bits per heavy atom. The fraction of sp³-hybridized carbons (Fsp3) is 0.500. The molecule has 3 rings (SSSR count). The first kappa shape index (κ1) is 14.1. The van der Waals surface area contributed by atoms with Gasteiger partial charge in [0.15, 0.2) is 0 Å². The average Bonchev–Trinajstić information content (AvgIpc) is 2.97. The minimum absolute atomic E-state index is 0.249. The van der Waals surface area contributed by atoms with Gasteiger partial charge in [-0.15, -0.1) is 5.10 Å². The first-order valence-corrected chi connectivity index (χ1v) is 7.77. The van der Waals surface area contributed by atoms with E-state index in [1.54, 1.807) is 0 Å². The van der Waals surface area contributed by atoms with Gasteiger partial charge in [-0.25, -0.2) is 0 Å². The number of aromatic amines is 1. The summed E-state index contributed by atoms with van der Waals surface area (Å²) in [5.41, 5.74) is 7.38. The van der Waals surface area contributed by atoms with E-state index >= 15 is 0 Å². The van der Waals surface area contributed by atoms with E-state index in [-0.39, 0.29) is 6.04 Å². The van der Waals surface area contributed by atoms with E-state index in [0.29, 0.717) is 0 Å². The summed E-state index contributed by atoms with van der Waals surface area (Å²) in [4.78, 5) is 6.79. The van der Waals surface area contributed by atoms with Gasteiger partial charge >= 0.3 is 0 Å². The van der Waals surface area contributed by atoms with Crippen LogP contribution in [0.3, 0.4) is 0 Å². The third kappa shape index (κ3) is 3.82. The van der Waals surface area contributed by atoms with Crippen LogP contribution in [-0.4, -0.2) is 34.3 Å². The monoisotopic (exact) mass is 285 g/mol. The molecule has 0 bridgehead atoms. The number of aryl methyl sites for hydroxylation is 2. The summed E-state index contributed by atoms with van der Waals surface area (Å²) in [6.07, 6.45) is 5.31. The fourth-order valence-corrected chi connectivity index (χ4v) is 2.83. The van der Waals surface area contributed by atoms with Gasteiger partial charge in [-0.2, -0.15) is 4.98 Å². The zero-order valence-electron chi connectivity index (χ0n) is 12.3. The summed E-state index contributed by atoms with van der Waals surface area (Å²) in [6, 6.07) is 10.8. The molecule has 1 saturated heterocycles. The lowest BCUT2D eigenvalue weighted by molar-refractivity contribution is 0.500. The molecule has 1 aromatic carbocycles. The second kappa shape index (κ2) is 6.72. The minimum atomic E-state index is 0.249. The van der Waals surface area contributed by atoms with Gasteiger partial charge in [0.25, 0.3) is 0 Å². The SMILES string of the molecule is NC1CCCN(c2n[nH]c(CCCc3ccccc3)n2)C1. The van der Waals surface area contributed by atoms with Crippen molar-refractivity contribution < 1.29 is 0 Å². The highest BCUT2D eigenvalue weighted by Gasteiger charge is 2.19. The Bertz CT molecular complexity index is 551. The van der Waals surface area contributed by atoms with Crippen LogP contribution in [-0.2, 0) is 12.8 Å².